The normalized spacial score (nSPS) is 21.2. The molecule has 16 heavy (non-hydrogen) atoms. The Labute approximate surface area is 95.8 Å². The van der Waals surface area contributed by atoms with Crippen LogP contribution in [0.2, 0.25) is 0 Å². The Bertz CT molecular complexity index is 470. The van der Waals surface area contributed by atoms with E-state index >= 15 is 0 Å². The Balaban J connectivity index is 2.32. The molecular weight excluding hydrogens is 226 g/mol. The number of nitrogens with zero attached hydrogens (tertiary/aromatic N) is 1. The van der Waals surface area contributed by atoms with Crippen molar-refractivity contribution in [3.05, 3.63) is 29.6 Å². The second-order valence-corrected chi connectivity index (χ2v) is 5.68. The Hall–Kier alpha value is -0.940. The van der Waals surface area contributed by atoms with Crippen LogP contribution in [0, 0.1) is 0 Å². The molecule has 1 atom stereocenters. The van der Waals surface area contributed by atoms with Gasteiger partial charge in [0.05, 0.1) is 11.9 Å². The molecule has 0 radical (unpaired) electrons. The van der Waals surface area contributed by atoms with E-state index in [9.17, 15) is 8.42 Å². The topological polar surface area (TPSA) is 56.3 Å². The lowest BCUT2D eigenvalue weighted by atomic mass is 10.1. The summed E-state index contributed by atoms with van der Waals surface area (Å²) in [5, 5.41) is 0. The first-order valence-corrected chi connectivity index (χ1v) is 7.20. The van der Waals surface area contributed by atoms with Gasteiger partial charge in [-0.1, -0.05) is 12.5 Å². The highest BCUT2D eigenvalue weighted by molar-refractivity contribution is 7.86. The minimum absolute atomic E-state index is 0.409. The third-order valence-electron chi connectivity index (χ3n) is 2.68. The first-order chi connectivity index (χ1) is 7.56. The zero-order chi connectivity index (χ0) is 11.6. The summed E-state index contributed by atoms with van der Waals surface area (Å²) in [4.78, 5) is 4.26. The van der Waals surface area contributed by atoms with Crippen molar-refractivity contribution in [1.29, 1.82) is 0 Å². The highest BCUT2D eigenvalue weighted by atomic mass is 32.2. The predicted molar refractivity (Wildman–Crippen MR) is 60.5 cm³/mol. The van der Waals surface area contributed by atoms with E-state index in [0.29, 0.717) is 0 Å². The highest BCUT2D eigenvalue weighted by Crippen LogP contribution is 2.30. The maximum atomic E-state index is 11.2. The summed E-state index contributed by atoms with van der Waals surface area (Å²) >= 11 is 0. The quantitative estimate of drug-likeness (QED) is 0.585. The van der Waals surface area contributed by atoms with Crippen molar-refractivity contribution in [1.82, 2.24) is 4.98 Å². The fraction of sp³-hybridized carbons (Fsp3) is 0.545. The minimum Gasteiger partial charge on any atom is -0.260 e. The summed E-state index contributed by atoms with van der Waals surface area (Å²) in [5.74, 6) is 0. The molecule has 5 heteroatoms. The molecule has 0 saturated carbocycles. The standard InChI is InChI=1S/C11H15NO3S/c1-16(13,14)15-10-7-3-2-5-9-6-4-8-12-11(9)10/h4,6,8,10H,2-3,5,7H2,1H3. The number of hydrogen-bond donors (Lipinski definition) is 0. The SMILES string of the molecule is CS(=O)(=O)OC1CCCCc2cccnc21. The summed E-state index contributed by atoms with van der Waals surface area (Å²) in [5.41, 5.74) is 1.89. The van der Waals surface area contributed by atoms with Crippen molar-refractivity contribution in [3.8, 4) is 0 Å². The Morgan fingerprint density at radius 1 is 1.44 bits per heavy atom. The number of rotatable bonds is 2. The second-order valence-electron chi connectivity index (χ2n) is 4.08. The average molecular weight is 241 g/mol. The van der Waals surface area contributed by atoms with Crippen molar-refractivity contribution >= 4 is 10.1 Å². The molecule has 1 aliphatic carbocycles. The molecule has 0 spiro atoms. The number of pyridine rings is 1. The Morgan fingerprint density at radius 2 is 2.25 bits per heavy atom. The van der Waals surface area contributed by atoms with Crippen LogP contribution in [0.3, 0.4) is 0 Å². The lowest BCUT2D eigenvalue weighted by Crippen LogP contribution is -2.12. The van der Waals surface area contributed by atoms with E-state index in [1.807, 2.05) is 12.1 Å². The molecule has 1 unspecified atom stereocenters. The predicted octanol–water partition coefficient (Wildman–Crippen LogP) is 1.83. The molecule has 0 amide bonds. The number of hydrogen-bond acceptors (Lipinski definition) is 4. The first-order valence-electron chi connectivity index (χ1n) is 5.38. The summed E-state index contributed by atoms with van der Waals surface area (Å²) in [7, 11) is -3.42. The smallest absolute Gasteiger partial charge is 0.260 e. The number of fused-ring (bicyclic) bond motifs is 1. The third kappa shape index (κ3) is 2.80. The molecular formula is C11H15NO3S. The van der Waals surface area contributed by atoms with Crippen LogP contribution in [0.4, 0.5) is 0 Å². The highest BCUT2D eigenvalue weighted by Gasteiger charge is 2.23. The largest absolute Gasteiger partial charge is 0.265 e. The van der Waals surface area contributed by atoms with Gasteiger partial charge in [-0.05, 0) is 30.9 Å². The van der Waals surface area contributed by atoms with Gasteiger partial charge in [0, 0.05) is 6.20 Å². The van der Waals surface area contributed by atoms with E-state index in [0.717, 1.165) is 43.2 Å². The summed E-state index contributed by atoms with van der Waals surface area (Å²) in [6, 6.07) is 3.87. The van der Waals surface area contributed by atoms with Crippen LogP contribution in [0.25, 0.3) is 0 Å². The van der Waals surface area contributed by atoms with Crippen molar-refractivity contribution in [3.63, 3.8) is 0 Å². The summed E-state index contributed by atoms with van der Waals surface area (Å²) in [6.45, 7) is 0. The molecule has 0 aliphatic heterocycles. The van der Waals surface area contributed by atoms with Gasteiger partial charge in [0.25, 0.3) is 10.1 Å². The van der Waals surface area contributed by atoms with Gasteiger partial charge < -0.3 is 0 Å². The van der Waals surface area contributed by atoms with Crippen molar-refractivity contribution in [2.75, 3.05) is 6.26 Å². The lowest BCUT2D eigenvalue weighted by molar-refractivity contribution is 0.199. The fourth-order valence-corrected chi connectivity index (χ4v) is 2.65. The van der Waals surface area contributed by atoms with Gasteiger partial charge in [0.1, 0.15) is 6.10 Å². The Kier molecular flexibility index (Phi) is 3.25. The average Bonchev–Trinajstić information content (AvgIpc) is 2.39. The molecule has 4 nitrogen and oxygen atoms in total. The third-order valence-corrected chi connectivity index (χ3v) is 3.27. The molecule has 1 aromatic heterocycles. The second kappa shape index (κ2) is 4.51. The molecule has 0 aromatic carbocycles. The van der Waals surface area contributed by atoms with E-state index in [4.69, 9.17) is 4.18 Å². The van der Waals surface area contributed by atoms with Crippen molar-refractivity contribution < 1.29 is 12.6 Å². The molecule has 0 fully saturated rings. The van der Waals surface area contributed by atoms with E-state index in [1.165, 1.54) is 0 Å². The molecule has 1 aromatic rings. The van der Waals surface area contributed by atoms with Crippen LogP contribution in [-0.4, -0.2) is 19.7 Å². The van der Waals surface area contributed by atoms with Crippen LogP contribution in [0.1, 0.15) is 36.6 Å². The molecule has 2 rings (SSSR count). The van der Waals surface area contributed by atoms with Gasteiger partial charge >= 0.3 is 0 Å². The van der Waals surface area contributed by atoms with E-state index in [2.05, 4.69) is 4.98 Å². The van der Waals surface area contributed by atoms with Crippen molar-refractivity contribution in [2.24, 2.45) is 0 Å². The molecule has 1 aliphatic rings. The summed E-state index contributed by atoms with van der Waals surface area (Å²) < 4.78 is 27.4. The van der Waals surface area contributed by atoms with E-state index in [1.54, 1.807) is 6.20 Å². The molecule has 88 valence electrons. The van der Waals surface area contributed by atoms with Crippen LogP contribution in [0.15, 0.2) is 18.3 Å². The summed E-state index contributed by atoms with van der Waals surface area (Å²) in [6.07, 6.45) is 6.06. The van der Waals surface area contributed by atoms with Gasteiger partial charge in [0.2, 0.25) is 0 Å². The van der Waals surface area contributed by atoms with E-state index < -0.39 is 16.2 Å². The number of aromatic nitrogens is 1. The first kappa shape index (κ1) is 11.5. The Morgan fingerprint density at radius 3 is 3.00 bits per heavy atom. The maximum Gasteiger partial charge on any atom is 0.265 e. The van der Waals surface area contributed by atoms with Gasteiger partial charge in [-0.2, -0.15) is 8.42 Å². The molecule has 1 heterocycles. The molecule has 0 bridgehead atoms. The van der Waals surface area contributed by atoms with Gasteiger partial charge in [-0.3, -0.25) is 9.17 Å². The molecule has 0 saturated heterocycles. The van der Waals surface area contributed by atoms with Crippen LogP contribution < -0.4 is 0 Å². The van der Waals surface area contributed by atoms with Crippen LogP contribution in [0.5, 0.6) is 0 Å². The van der Waals surface area contributed by atoms with Gasteiger partial charge in [-0.15, -0.1) is 0 Å². The van der Waals surface area contributed by atoms with Crippen molar-refractivity contribution in [2.45, 2.75) is 31.8 Å². The molecule has 0 N–H and O–H groups in total. The monoisotopic (exact) mass is 241 g/mol. The zero-order valence-electron chi connectivity index (χ0n) is 9.22. The lowest BCUT2D eigenvalue weighted by Gasteiger charge is -2.15. The minimum atomic E-state index is -3.42. The fourth-order valence-electron chi connectivity index (χ4n) is 2.04. The van der Waals surface area contributed by atoms with Crippen LogP contribution in [-0.2, 0) is 20.7 Å². The van der Waals surface area contributed by atoms with E-state index in [-0.39, 0.29) is 0 Å². The number of aryl methyl sites for hydroxylation is 1. The van der Waals surface area contributed by atoms with Gasteiger partial charge in [-0.25, -0.2) is 0 Å². The zero-order valence-corrected chi connectivity index (χ0v) is 10.0. The maximum absolute atomic E-state index is 11.2. The van der Waals surface area contributed by atoms with Gasteiger partial charge in [0.15, 0.2) is 0 Å². The van der Waals surface area contributed by atoms with Crippen LogP contribution >= 0.6 is 0 Å².